The van der Waals surface area contributed by atoms with Gasteiger partial charge in [-0.05, 0) is 23.8 Å². The Hall–Kier alpha value is -2.07. The number of carbonyl (C=O) groups is 1. The van der Waals surface area contributed by atoms with E-state index in [9.17, 15) is 9.59 Å². The smallest absolute Gasteiger partial charge is 0.341 e. The fraction of sp³-hybridized carbons (Fsp3) is 0.0769. The molecule has 0 bridgehead atoms. The molecule has 0 saturated carbocycles. The van der Waals surface area contributed by atoms with Crippen molar-refractivity contribution in [2.75, 3.05) is 0 Å². The fourth-order valence-corrected chi connectivity index (χ4v) is 1.83. The lowest BCUT2D eigenvalue weighted by Gasteiger charge is -2.07. The van der Waals surface area contributed by atoms with E-state index in [1.165, 1.54) is 22.9 Å². The zero-order chi connectivity index (χ0) is 13.1. The molecule has 1 aromatic carbocycles. The molecule has 0 radical (unpaired) electrons. The highest BCUT2D eigenvalue weighted by Crippen LogP contribution is 2.15. The van der Waals surface area contributed by atoms with Crippen molar-refractivity contribution in [3.05, 3.63) is 69.1 Å². The van der Waals surface area contributed by atoms with E-state index in [0.717, 1.165) is 5.56 Å². The lowest BCUT2D eigenvalue weighted by atomic mass is 10.2. The minimum atomic E-state index is -1.23. The molecule has 2 aromatic rings. The van der Waals surface area contributed by atoms with Crippen molar-refractivity contribution in [2.45, 2.75) is 6.54 Å². The second-order valence-corrected chi connectivity index (χ2v) is 4.16. The first-order valence-corrected chi connectivity index (χ1v) is 5.63. The van der Waals surface area contributed by atoms with Crippen LogP contribution in [0.25, 0.3) is 0 Å². The quantitative estimate of drug-likeness (QED) is 0.924. The Morgan fingerprint density at radius 2 is 1.94 bits per heavy atom. The SMILES string of the molecule is O=C(O)c1cccn(Cc2ccccc2Cl)c1=O. The molecule has 0 saturated heterocycles. The van der Waals surface area contributed by atoms with Crippen LogP contribution >= 0.6 is 11.6 Å². The number of carboxylic acids is 1. The third-order valence-electron chi connectivity index (χ3n) is 2.55. The summed E-state index contributed by atoms with van der Waals surface area (Å²) in [4.78, 5) is 22.7. The van der Waals surface area contributed by atoms with E-state index in [4.69, 9.17) is 16.7 Å². The largest absolute Gasteiger partial charge is 0.477 e. The van der Waals surface area contributed by atoms with Gasteiger partial charge in [0.1, 0.15) is 5.56 Å². The molecule has 1 N–H and O–H groups in total. The lowest BCUT2D eigenvalue weighted by molar-refractivity contribution is 0.0694. The van der Waals surface area contributed by atoms with Gasteiger partial charge in [0.15, 0.2) is 0 Å². The van der Waals surface area contributed by atoms with Crippen LogP contribution in [0.3, 0.4) is 0 Å². The third kappa shape index (κ3) is 2.43. The van der Waals surface area contributed by atoms with Crippen LogP contribution in [0.15, 0.2) is 47.4 Å². The highest BCUT2D eigenvalue weighted by Gasteiger charge is 2.10. The normalized spacial score (nSPS) is 10.3. The third-order valence-corrected chi connectivity index (χ3v) is 2.92. The zero-order valence-electron chi connectivity index (χ0n) is 9.34. The monoisotopic (exact) mass is 263 g/mol. The number of benzene rings is 1. The average molecular weight is 264 g/mol. The van der Waals surface area contributed by atoms with Gasteiger partial charge in [-0.2, -0.15) is 0 Å². The van der Waals surface area contributed by atoms with Gasteiger partial charge in [0.25, 0.3) is 5.56 Å². The maximum atomic E-state index is 11.9. The summed E-state index contributed by atoms with van der Waals surface area (Å²) in [5, 5.41) is 9.42. The second-order valence-electron chi connectivity index (χ2n) is 3.75. The summed E-state index contributed by atoms with van der Waals surface area (Å²) in [5.74, 6) is -1.23. The number of aromatic nitrogens is 1. The molecule has 18 heavy (non-hydrogen) atoms. The van der Waals surface area contributed by atoms with Gasteiger partial charge in [-0.25, -0.2) is 4.79 Å². The highest BCUT2D eigenvalue weighted by molar-refractivity contribution is 6.31. The van der Waals surface area contributed by atoms with Crippen molar-refractivity contribution in [1.82, 2.24) is 4.57 Å². The predicted molar refractivity (Wildman–Crippen MR) is 68.2 cm³/mol. The Labute approximate surface area is 108 Å². The van der Waals surface area contributed by atoms with Crippen LogP contribution in [0.4, 0.5) is 0 Å². The topological polar surface area (TPSA) is 59.3 Å². The molecule has 5 heteroatoms. The van der Waals surface area contributed by atoms with Gasteiger partial charge in [0.05, 0.1) is 6.54 Å². The summed E-state index contributed by atoms with van der Waals surface area (Å²) in [7, 11) is 0. The Morgan fingerprint density at radius 3 is 2.61 bits per heavy atom. The number of carboxylic acid groups (broad SMARTS) is 1. The van der Waals surface area contributed by atoms with Gasteiger partial charge < -0.3 is 9.67 Å². The van der Waals surface area contributed by atoms with Crippen molar-refractivity contribution in [1.29, 1.82) is 0 Å². The summed E-state index contributed by atoms with van der Waals surface area (Å²) in [5.41, 5.74) is -0.0155. The summed E-state index contributed by atoms with van der Waals surface area (Å²) >= 11 is 6.00. The molecule has 0 aliphatic carbocycles. The Balaban J connectivity index is 2.42. The van der Waals surface area contributed by atoms with Gasteiger partial charge in [-0.3, -0.25) is 4.79 Å². The molecule has 0 unspecified atom stereocenters. The Morgan fingerprint density at radius 1 is 1.22 bits per heavy atom. The molecule has 4 nitrogen and oxygen atoms in total. The summed E-state index contributed by atoms with van der Waals surface area (Å²) in [6, 6.07) is 9.94. The molecule has 92 valence electrons. The van der Waals surface area contributed by atoms with Crippen molar-refractivity contribution >= 4 is 17.6 Å². The van der Waals surface area contributed by atoms with E-state index in [2.05, 4.69) is 0 Å². The highest BCUT2D eigenvalue weighted by atomic mass is 35.5. The molecule has 0 aliphatic rings. The van der Waals surface area contributed by atoms with E-state index in [1.807, 2.05) is 6.07 Å². The van der Waals surface area contributed by atoms with E-state index in [1.54, 1.807) is 18.2 Å². The number of hydrogen-bond acceptors (Lipinski definition) is 2. The van der Waals surface area contributed by atoms with Crippen molar-refractivity contribution in [3.63, 3.8) is 0 Å². The van der Waals surface area contributed by atoms with Crippen LogP contribution < -0.4 is 5.56 Å². The first-order chi connectivity index (χ1) is 8.59. The van der Waals surface area contributed by atoms with E-state index >= 15 is 0 Å². The minimum absolute atomic E-state index is 0.246. The van der Waals surface area contributed by atoms with Crippen molar-refractivity contribution in [3.8, 4) is 0 Å². The molecule has 0 aliphatic heterocycles. The molecule has 0 fully saturated rings. The number of nitrogens with zero attached hydrogens (tertiary/aromatic N) is 1. The molecule has 1 heterocycles. The summed E-state index contributed by atoms with van der Waals surface area (Å²) < 4.78 is 1.32. The van der Waals surface area contributed by atoms with Gasteiger partial charge in [0.2, 0.25) is 0 Å². The average Bonchev–Trinajstić information content (AvgIpc) is 2.34. The zero-order valence-corrected chi connectivity index (χ0v) is 10.1. The molecule has 0 amide bonds. The Bertz CT molecular complexity index is 649. The van der Waals surface area contributed by atoms with Gasteiger partial charge in [-0.1, -0.05) is 29.8 Å². The van der Waals surface area contributed by atoms with Crippen LogP contribution in [-0.2, 0) is 6.54 Å². The van der Waals surface area contributed by atoms with Gasteiger partial charge >= 0.3 is 5.97 Å². The number of hydrogen-bond donors (Lipinski definition) is 1. The molecular formula is C13H10ClNO3. The van der Waals surface area contributed by atoms with E-state index in [-0.39, 0.29) is 12.1 Å². The second kappa shape index (κ2) is 5.06. The van der Waals surface area contributed by atoms with Crippen LogP contribution in [0.2, 0.25) is 5.02 Å². The summed E-state index contributed by atoms with van der Waals surface area (Å²) in [6.45, 7) is 0.250. The van der Waals surface area contributed by atoms with Crippen LogP contribution in [0.1, 0.15) is 15.9 Å². The van der Waals surface area contributed by atoms with E-state index in [0.29, 0.717) is 5.02 Å². The van der Waals surface area contributed by atoms with Gasteiger partial charge in [0, 0.05) is 11.2 Å². The number of aromatic carboxylic acids is 1. The van der Waals surface area contributed by atoms with E-state index < -0.39 is 11.5 Å². The van der Waals surface area contributed by atoms with Crippen molar-refractivity contribution < 1.29 is 9.90 Å². The molecule has 1 aromatic heterocycles. The maximum absolute atomic E-state index is 11.9. The standard InChI is InChI=1S/C13H10ClNO3/c14-11-6-2-1-4-9(11)8-15-7-3-5-10(12(15)16)13(17)18/h1-7H,8H2,(H,17,18). The lowest BCUT2D eigenvalue weighted by Crippen LogP contribution is -2.26. The molecular weight excluding hydrogens is 254 g/mol. The van der Waals surface area contributed by atoms with Crippen LogP contribution in [0.5, 0.6) is 0 Å². The molecule has 0 spiro atoms. The maximum Gasteiger partial charge on any atom is 0.341 e. The number of pyridine rings is 1. The van der Waals surface area contributed by atoms with Crippen molar-refractivity contribution in [2.24, 2.45) is 0 Å². The minimum Gasteiger partial charge on any atom is -0.477 e. The van der Waals surface area contributed by atoms with Crippen LogP contribution in [0, 0.1) is 0 Å². The summed E-state index contributed by atoms with van der Waals surface area (Å²) in [6.07, 6.45) is 1.54. The van der Waals surface area contributed by atoms with Gasteiger partial charge in [-0.15, -0.1) is 0 Å². The molecule has 0 atom stereocenters. The first-order valence-electron chi connectivity index (χ1n) is 5.26. The predicted octanol–water partition coefficient (Wildman–Crippen LogP) is 2.25. The number of halogens is 1. The Kier molecular flexibility index (Phi) is 3.48. The first kappa shape index (κ1) is 12.4. The van der Waals surface area contributed by atoms with Crippen LogP contribution in [-0.4, -0.2) is 15.6 Å². The fourth-order valence-electron chi connectivity index (χ4n) is 1.63. The number of rotatable bonds is 3. The molecule has 2 rings (SSSR count).